The Balaban J connectivity index is 1.41. The first kappa shape index (κ1) is 21.0. The van der Waals surface area contributed by atoms with E-state index < -0.39 is 0 Å². The second-order valence-electron chi connectivity index (χ2n) is 9.06. The summed E-state index contributed by atoms with van der Waals surface area (Å²) in [6.45, 7) is 3.29. The first-order chi connectivity index (χ1) is 15.1. The van der Waals surface area contributed by atoms with Gasteiger partial charge in [0.2, 0.25) is 0 Å². The molecule has 0 spiro atoms. The minimum Gasteiger partial charge on any atom is -0.497 e. The Morgan fingerprint density at radius 3 is 2.52 bits per heavy atom. The Labute approximate surface area is 188 Å². The third kappa shape index (κ3) is 4.41. The average molecular weight is 440 g/mol. The number of aliphatic hydroxyl groups is 1. The number of piperidine rings is 1. The van der Waals surface area contributed by atoms with Gasteiger partial charge in [0.05, 0.1) is 13.2 Å². The zero-order chi connectivity index (χ0) is 21.4. The summed E-state index contributed by atoms with van der Waals surface area (Å²) in [4.78, 5) is 4.77. The van der Waals surface area contributed by atoms with Crippen molar-refractivity contribution >= 4 is 17.3 Å². The lowest BCUT2D eigenvalue weighted by atomic mass is 9.85. The number of halogens is 1. The fourth-order valence-corrected chi connectivity index (χ4v) is 6.40. The quantitative estimate of drug-likeness (QED) is 0.563. The number of likely N-dealkylation sites (tertiary alicyclic amines) is 1. The number of benzene rings is 2. The standard InChI is InChI=1S/C26H30FNO2S/c1-30-21-7-9-24-23(15-21)26(22-8-4-19(27)14-25(22)31-24)18-10-12-28(13-11-18)16-17-2-5-20(29)6-3-17/h4,7-9,14-15,17,20,29H,2-3,5-6,10-13,16H2,1H3. The molecule has 5 rings (SSSR count). The summed E-state index contributed by atoms with van der Waals surface area (Å²) < 4.78 is 19.5. The second-order valence-corrected chi connectivity index (χ2v) is 10.1. The Kier molecular flexibility index (Phi) is 6.09. The molecule has 2 aliphatic heterocycles. The monoisotopic (exact) mass is 439 g/mol. The largest absolute Gasteiger partial charge is 0.497 e. The van der Waals surface area contributed by atoms with Crippen molar-refractivity contribution < 1.29 is 14.2 Å². The summed E-state index contributed by atoms with van der Waals surface area (Å²) in [6.07, 6.45) is 6.21. The van der Waals surface area contributed by atoms with E-state index in [9.17, 15) is 9.50 Å². The van der Waals surface area contributed by atoms with E-state index in [0.29, 0.717) is 0 Å². The molecule has 0 unspecified atom stereocenters. The molecular formula is C26H30FNO2S. The molecule has 2 fully saturated rings. The Morgan fingerprint density at radius 2 is 1.77 bits per heavy atom. The second kappa shape index (κ2) is 8.97. The van der Waals surface area contributed by atoms with Crippen LogP contribution < -0.4 is 4.74 Å². The van der Waals surface area contributed by atoms with Gasteiger partial charge in [0, 0.05) is 29.4 Å². The van der Waals surface area contributed by atoms with Gasteiger partial charge in [-0.25, -0.2) is 4.39 Å². The van der Waals surface area contributed by atoms with Gasteiger partial charge < -0.3 is 14.7 Å². The predicted octanol–water partition coefficient (Wildman–Crippen LogP) is 5.75. The maximum atomic E-state index is 14.0. The van der Waals surface area contributed by atoms with Gasteiger partial charge in [-0.05, 0) is 91.5 Å². The summed E-state index contributed by atoms with van der Waals surface area (Å²) in [5.41, 5.74) is 5.12. The fraction of sp³-hybridized carbons (Fsp3) is 0.462. The predicted molar refractivity (Wildman–Crippen MR) is 123 cm³/mol. The molecule has 2 aromatic carbocycles. The molecule has 1 saturated heterocycles. The van der Waals surface area contributed by atoms with Gasteiger partial charge in [0.15, 0.2) is 0 Å². The van der Waals surface area contributed by atoms with Crippen molar-refractivity contribution in [3.8, 4) is 5.75 Å². The van der Waals surface area contributed by atoms with Crippen LogP contribution in [0.25, 0.3) is 5.57 Å². The Bertz CT molecular complexity index is 987. The Hall–Kier alpha value is -1.82. The van der Waals surface area contributed by atoms with Crippen LogP contribution in [0.2, 0.25) is 0 Å². The number of ether oxygens (including phenoxy) is 1. The summed E-state index contributed by atoms with van der Waals surface area (Å²) >= 11 is 1.65. The number of methoxy groups -OCH3 is 1. The molecule has 1 saturated carbocycles. The molecule has 2 heterocycles. The molecular weight excluding hydrogens is 409 g/mol. The molecule has 31 heavy (non-hydrogen) atoms. The highest BCUT2D eigenvalue weighted by Crippen LogP contribution is 2.49. The minimum atomic E-state index is -0.181. The normalized spacial score (nSPS) is 24.0. The lowest BCUT2D eigenvalue weighted by Gasteiger charge is -2.35. The van der Waals surface area contributed by atoms with Gasteiger partial charge in [-0.2, -0.15) is 0 Å². The van der Waals surface area contributed by atoms with Crippen LogP contribution in [0.1, 0.15) is 49.7 Å². The highest BCUT2D eigenvalue weighted by atomic mass is 32.2. The SMILES string of the molecule is COc1ccc2c(c1)C(=C1CCN(CC3CCC(O)CC3)CC1)c1ccc(F)cc1S2. The summed E-state index contributed by atoms with van der Waals surface area (Å²) in [5.74, 6) is 1.40. The number of aliphatic hydroxyl groups excluding tert-OH is 1. The van der Waals surface area contributed by atoms with E-state index in [0.717, 1.165) is 80.3 Å². The zero-order valence-electron chi connectivity index (χ0n) is 18.1. The smallest absolute Gasteiger partial charge is 0.124 e. The van der Waals surface area contributed by atoms with E-state index in [1.165, 1.54) is 21.6 Å². The van der Waals surface area contributed by atoms with Crippen molar-refractivity contribution in [1.29, 1.82) is 0 Å². The van der Waals surface area contributed by atoms with Crippen LogP contribution in [0.3, 0.4) is 0 Å². The van der Waals surface area contributed by atoms with Gasteiger partial charge >= 0.3 is 0 Å². The lowest BCUT2D eigenvalue weighted by molar-refractivity contribution is 0.0923. The van der Waals surface area contributed by atoms with Crippen LogP contribution in [0.15, 0.2) is 51.8 Å². The van der Waals surface area contributed by atoms with Crippen molar-refractivity contribution in [3.05, 3.63) is 58.9 Å². The third-order valence-electron chi connectivity index (χ3n) is 7.03. The first-order valence-electron chi connectivity index (χ1n) is 11.4. The van der Waals surface area contributed by atoms with Crippen LogP contribution in [-0.2, 0) is 0 Å². The molecule has 1 N–H and O–H groups in total. The molecule has 1 aliphatic carbocycles. The maximum absolute atomic E-state index is 14.0. The molecule has 3 nitrogen and oxygen atoms in total. The number of rotatable bonds is 3. The summed E-state index contributed by atoms with van der Waals surface area (Å²) in [7, 11) is 1.70. The van der Waals surface area contributed by atoms with Crippen molar-refractivity contribution in [1.82, 2.24) is 4.90 Å². The first-order valence-corrected chi connectivity index (χ1v) is 12.2. The lowest BCUT2D eigenvalue weighted by Crippen LogP contribution is -2.36. The molecule has 0 bridgehead atoms. The van der Waals surface area contributed by atoms with Crippen molar-refractivity contribution in [2.45, 2.75) is 54.4 Å². The van der Waals surface area contributed by atoms with Gasteiger partial charge in [-0.3, -0.25) is 0 Å². The van der Waals surface area contributed by atoms with E-state index in [1.807, 2.05) is 12.1 Å². The molecule has 164 valence electrons. The summed E-state index contributed by atoms with van der Waals surface area (Å²) in [6, 6.07) is 11.4. The zero-order valence-corrected chi connectivity index (χ0v) is 18.9. The van der Waals surface area contributed by atoms with Crippen LogP contribution in [0.5, 0.6) is 5.75 Å². The van der Waals surface area contributed by atoms with E-state index in [1.54, 1.807) is 31.0 Å². The van der Waals surface area contributed by atoms with E-state index in [-0.39, 0.29) is 11.9 Å². The highest BCUT2D eigenvalue weighted by molar-refractivity contribution is 7.99. The molecule has 0 radical (unpaired) electrons. The Morgan fingerprint density at radius 1 is 1.00 bits per heavy atom. The van der Waals surface area contributed by atoms with E-state index in [2.05, 4.69) is 17.0 Å². The van der Waals surface area contributed by atoms with Gasteiger partial charge in [-0.1, -0.05) is 23.4 Å². The van der Waals surface area contributed by atoms with Crippen molar-refractivity contribution in [2.24, 2.45) is 5.92 Å². The number of fused-ring (bicyclic) bond motifs is 2. The number of hydrogen-bond acceptors (Lipinski definition) is 4. The number of hydrogen-bond donors (Lipinski definition) is 1. The molecule has 0 amide bonds. The molecule has 3 aliphatic rings. The van der Waals surface area contributed by atoms with E-state index >= 15 is 0 Å². The molecule has 0 atom stereocenters. The molecule has 0 aromatic heterocycles. The highest BCUT2D eigenvalue weighted by Gasteiger charge is 2.28. The van der Waals surface area contributed by atoms with Crippen molar-refractivity contribution in [2.75, 3.05) is 26.7 Å². The van der Waals surface area contributed by atoms with Gasteiger partial charge in [0.25, 0.3) is 0 Å². The topological polar surface area (TPSA) is 32.7 Å². The third-order valence-corrected chi connectivity index (χ3v) is 8.17. The van der Waals surface area contributed by atoms with Crippen molar-refractivity contribution in [3.63, 3.8) is 0 Å². The maximum Gasteiger partial charge on any atom is 0.124 e. The minimum absolute atomic E-state index is 0.0833. The van der Waals surface area contributed by atoms with Crippen LogP contribution in [-0.4, -0.2) is 42.9 Å². The average Bonchev–Trinajstić information content (AvgIpc) is 2.79. The van der Waals surface area contributed by atoms with Crippen LogP contribution in [0.4, 0.5) is 4.39 Å². The molecule has 2 aromatic rings. The van der Waals surface area contributed by atoms with Crippen LogP contribution in [0, 0.1) is 11.7 Å². The van der Waals surface area contributed by atoms with E-state index in [4.69, 9.17) is 4.74 Å². The van der Waals surface area contributed by atoms with Gasteiger partial charge in [0.1, 0.15) is 11.6 Å². The fourth-order valence-electron chi connectivity index (χ4n) is 5.30. The number of nitrogens with zero attached hydrogens (tertiary/aromatic N) is 1. The molecule has 5 heteroatoms. The summed E-state index contributed by atoms with van der Waals surface area (Å²) in [5, 5.41) is 9.77. The van der Waals surface area contributed by atoms with Gasteiger partial charge in [-0.15, -0.1) is 0 Å². The van der Waals surface area contributed by atoms with Crippen LogP contribution >= 0.6 is 11.8 Å².